The molecule has 0 saturated carbocycles. The summed E-state index contributed by atoms with van der Waals surface area (Å²) in [6.07, 6.45) is 3.82. The van der Waals surface area contributed by atoms with Crippen molar-refractivity contribution >= 4 is 5.82 Å². The third kappa shape index (κ3) is 3.21. The molecule has 2 heterocycles. The highest BCUT2D eigenvalue weighted by Crippen LogP contribution is 2.25. The van der Waals surface area contributed by atoms with Crippen LogP contribution in [0.1, 0.15) is 44.8 Å². The molecule has 1 aromatic rings. The van der Waals surface area contributed by atoms with Gasteiger partial charge in [0.25, 0.3) is 0 Å². The van der Waals surface area contributed by atoms with Gasteiger partial charge in [-0.15, -0.1) is 0 Å². The van der Waals surface area contributed by atoms with E-state index in [0.29, 0.717) is 0 Å². The molecule has 2 rings (SSSR count). The van der Waals surface area contributed by atoms with E-state index in [4.69, 9.17) is 0 Å². The van der Waals surface area contributed by atoms with E-state index in [1.54, 1.807) is 13.1 Å². The number of aliphatic hydroxyl groups excluding tert-OH is 1. The van der Waals surface area contributed by atoms with Crippen LogP contribution in [0.4, 0.5) is 5.82 Å². The molecule has 0 bridgehead atoms. The third-order valence-corrected chi connectivity index (χ3v) is 3.64. The molecule has 1 aliphatic rings. The van der Waals surface area contributed by atoms with E-state index in [0.717, 1.165) is 43.7 Å². The maximum atomic E-state index is 10.1. The van der Waals surface area contributed by atoms with Gasteiger partial charge in [0.05, 0.1) is 11.7 Å². The highest BCUT2D eigenvalue weighted by atomic mass is 16.3. The number of pyridine rings is 1. The van der Waals surface area contributed by atoms with E-state index in [-0.39, 0.29) is 0 Å². The summed E-state index contributed by atoms with van der Waals surface area (Å²) in [6.45, 7) is 5.37. The van der Waals surface area contributed by atoms with Gasteiger partial charge in [0.15, 0.2) is 0 Å². The van der Waals surface area contributed by atoms with Gasteiger partial charge < -0.3 is 15.1 Å². The Morgan fingerprint density at radius 2 is 2.17 bits per heavy atom. The Morgan fingerprint density at radius 1 is 1.39 bits per heavy atom. The van der Waals surface area contributed by atoms with Crippen LogP contribution in [-0.2, 0) is 0 Å². The summed E-state index contributed by atoms with van der Waals surface area (Å²) >= 11 is 0. The first-order valence-corrected chi connectivity index (χ1v) is 6.59. The molecule has 0 amide bonds. The Kier molecular flexibility index (Phi) is 3.88. The standard InChI is InChI=1S/C14H22N2O2/c1-11(17)12-4-7-15-13(10-12)16-8-3-5-14(2,18)6-9-16/h4,7,10-11,17-18H,3,5-6,8-9H2,1-2H3. The summed E-state index contributed by atoms with van der Waals surface area (Å²) in [5.41, 5.74) is 0.326. The van der Waals surface area contributed by atoms with Crippen molar-refractivity contribution in [3.8, 4) is 0 Å². The lowest BCUT2D eigenvalue weighted by molar-refractivity contribution is 0.0481. The normalized spacial score (nSPS) is 26.8. The predicted molar refractivity (Wildman–Crippen MR) is 71.6 cm³/mol. The molecule has 0 aromatic carbocycles. The second-order valence-electron chi connectivity index (χ2n) is 5.46. The first-order valence-electron chi connectivity index (χ1n) is 6.59. The SMILES string of the molecule is CC(O)c1ccnc(N2CCCC(C)(O)CC2)c1. The molecule has 1 saturated heterocycles. The zero-order valence-electron chi connectivity index (χ0n) is 11.1. The number of hydrogen-bond acceptors (Lipinski definition) is 4. The topological polar surface area (TPSA) is 56.6 Å². The van der Waals surface area contributed by atoms with Gasteiger partial charge in [0.2, 0.25) is 0 Å². The van der Waals surface area contributed by atoms with E-state index >= 15 is 0 Å². The molecule has 0 spiro atoms. The Balaban J connectivity index is 2.13. The molecule has 2 unspecified atom stereocenters. The molecule has 0 radical (unpaired) electrons. The van der Waals surface area contributed by atoms with Crippen molar-refractivity contribution in [1.82, 2.24) is 4.98 Å². The van der Waals surface area contributed by atoms with Crippen LogP contribution in [0.2, 0.25) is 0 Å². The summed E-state index contributed by atoms with van der Waals surface area (Å²) in [5, 5.41) is 19.7. The molecule has 1 aromatic heterocycles. The lowest BCUT2D eigenvalue weighted by Gasteiger charge is -2.23. The summed E-state index contributed by atoms with van der Waals surface area (Å²) < 4.78 is 0. The minimum absolute atomic E-state index is 0.471. The van der Waals surface area contributed by atoms with Crippen LogP contribution in [0.15, 0.2) is 18.3 Å². The predicted octanol–water partition coefficient (Wildman–Crippen LogP) is 1.88. The van der Waals surface area contributed by atoms with Gasteiger partial charge in [-0.25, -0.2) is 4.98 Å². The minimum atomic E-state index is -0.559. The molecule has 0 aliphatic carbocycles. The quantitative estimate of drug-likeness (QED) is 0.841. The largest absolute Gasteiger partial charge is 0.390 e. The molecule has 4 heteroatoms. The molecule has 1 aliphatic heterocycles. The van der Waals surface area contributed by atoms with Crippen LogP contribution >= 0.6 is 0 Å². The zero-order valence-corrected chi connectivity index (χ0v) is 11.1. The third-order valence-electron chi connectivity index (χ3n) is 3.64. The smallest absolute Gasteiger partial charge is 0.128 e. The van der Waals surface area contributed by atoms with Crippen LogP contribution in [0.3, 0.4) is 0 Å². The summed E-state index contributed by atoms with van der Waals surface area (Å²) in [4.78, 5) is 6.56. The van der Waals surface area contributed by atoms with Crippen molar-refractivity contribution in [2.24, 2.45) is 0 Å². The van der Waals surface area contributed by atoms with E-state index < -0.39 is 11.7 Å². The lowest BCUT2D eigenvalue weighted by Crippen LogP contribution is -2.28. The highest BCUT2D eigenvalue weighted by molar-refractivity contribution is 5.41. The van der Waals surface area contributed by atoms with E-state index in [1.165, 1.54) is 0 Å². The van der Waals surface area contributed by atoms with Gasteiger partial charge in [-0.2, -0.15) is 0 Å². The molecule has 100 valence electrons. The molecule has 1 fully saturated rings. The van der Waals surface area contributed by atoms with Gasteiger partial charge in [0.1, 0.15) is 5.82 Å². The van der Waals surface area contributed by atoms with Gasteiger partial charge in [-0.05, 0) is 50.8 Å². The Labute approximate surface area is 108 Å². The molecule has 2 N–H and O–H groups in total. The monoisotopic (exact) mass is 250 g/mol. The van der Waals surface area contributed by atoms with Crippen molar-refractivity contribution in [1.29, 1.82) is 0 Å². The van der Waals surface area contributed by atoms with Gasteiger partial charge >= 0.3 is 0 Å². The minimum Gasteiger partial charge on any atom is -0.390 e. The van der Waals surface area contributed by atoms with Crippen molar-refractivity contribution < 1.29 is 10.2 Å². The van der Waals surface area contributed by atoms with E-state index in [2.05, 4.69) is 9.88 Å². The van der Waals surface area contributed by atoms with E-state index in [9.17, 15) is 10.2 Å². The van der Waals surface area contributed by atoms with Gasteiger partial charge in [-0.3, -0.25) is 0 Å². The number of nitrogens with zero attached hydrogens (tertiary/aromatic N) is 2. The van der Waals surface area contributed by atoms with Crippen molar-refractivity contribution in [2.75, 3.05) is 18.0 Å². The first-order chi connectivity index (χ1) is 8.48. The molecule has 4 nitrogen and oxygen atoms in total. The van der Waals surface area contributed by atoms with Crippen molar-refractivity contribution in [3.63, 3.8) is 0 Å². The fraction of sp³-hybridized carbons (Fsp3) is 0.643. The second-order valence-corrected chi connectivity index (χ2v) is 5.46. The zero-order chi connectivity index (χ0) is 13.2. The Bertz CT molecular complexity index is 405. The van der Waals surface area contributed by atoms with Crippen molar-refractivity contribution in [3.05, 3.63) is 23.9 Å². The second kappa shape index (κ2) is 5.24. The summed E-state index contributed by atoms with van der Waals surface area (Å²) in [6, 6.07) is 3.77. The van der Waals surface area contributed by atoms with Gasteiger partial charge in [-0.1, -0.05) is 0 Å². The number of anilines is 1. The molecular formula is C14H22N2O2. The summed E-state index contributed by atoms with van der Waals surface area (Å²) in [7, 11) is 0. The summed E-state index contributed by atoms with van der Waals surface area (Å²) in [5.74, 6) is 0.895. The number of hydrogen-bond donors (Lipinski definition) is 2. The Morgan fingerprint density at radius 3 is 2.89 bits per heavy atom. The molecular weight excluding hydrogens is 228 g/mol. The van der Waals surface area contributed by atoms with E-state index in [1.807, 2.05) is 19.1 Å². The van der Waals surface area contributed by atoms with Crippen molar-refractivity contribution in [2.45, 2.75) is 44.8 Å². The van der Waals surface area contributed by atoms with Crippen LogP contribution in [0, 0.1) is 0 Å². The van der Waals surface area contributed by atoms with Crippen LogP contribution in [0.25, 0.3) is 0 Å². The fourth-order valence-corrected chi connectivity index (χ4v) is 2.36. The van der Waals surface area contributed by atoms with Gasteiger partial charge in [0, 0.05) is 19.3 Å². The average molecular weight is 250 g/mol. The molecule has 2 atom stereocenters. The first kappa shape index (κ1) is 13.3. The van der Waals surface area contributed by atoms with Crippen LogP contribution < -0.4 is 4.90 Å². The van der Waals surface area contributed by atoms with Crippen LogP contribution in [0.5, 0.6) is 0 Å². The lowest BCUT2D eigenvalue weighted by atomic mass is 9.98. The average Bonchev–Trinajstić information content (AvgIpc) is 2.50. The van der Waals surface area contributed by atoms with Crippen LogP contribution in [-0.4, -0.2) is 33.9 Å². The maximum absolute atomic E-state index is 10.1. The molecule has 18 heavy (non-hydrogen) atoms. The number of rotatable bonds is 2. The number of aromatic nitrogens is 1. The number of aliphatic hydroxyl groups is 2. The maximum Gasteiger partial charge on any atom is 0.128 e. The highest BCUT2D eigenvalue weighted by Gasteiger charge is 2.25. The Hall–Kier alpha value is -1.13. The fourth-order valence-electron chi connectivity index (χ4n) is 2.36.